The molecule has 1 fully saturated rings. The molecule has 1 saturated heterocycles. The first-order chi connectivity index (χ1) is 14.6. The molecule has 0 aliphatic carbocycles. The number of hydrogen-bond donors (Lipinski definition) is 1. The Hall–Kier alpha value is -2.35. The zero-order chi connectivity index (χ0) is 21.1. The van der Waals surface area contributed by atoms with Gasteiger partial charge in [0, 0.05) is 30.2 Å². The average molecular weight is 467 g/mol. The number of nitrogens with zero attached hydrogens (tertiary/aromatic N) is 3. The molecule has 0 unspecified atom stereocenters. The van der Waals surface area contributed by atoms with E-state index in [-0.39, 0.29) is 23.5 Å². The van der Waals surface area contributed by atoms with Gasteiger partial charge in [-0.2, -0.15) is 9.97 Å². The summed E-state index contributed by atoms with van der Waals surface area (Å²) in [5.74, 6) is 0.785. The van der Waals surface area contributed by atoms with E-state index >= 15 is 0 Å². The second-order valence-corrected chi connectivity index (χ2v) is 7.65. The molecule has 1 aliphatic rings. The first kappa shape index (κ1) is 23.3. The highest BCUT2D eigenvalue weighted by atomic mass is 35.5. The maximum absolute atomic E-state index is 13.5. The van der Waals surface area contributed by atoms with Crippen LogP contribution < -0.4 is 14.8 Å². The lowest BCUT2D eigenvalue weighted by Crippen LogP contribution is -2.38. The summed E-state index contributed by atoms with van der Waals surface area (Å²) in [6.07, 6.45) is 1.94. The van der Waals surface area contributed by atoms with Gasteiger partial charge >= 0.3 is 6.01 Å². The first-order valence-electron chi connectivity index (χ1n) is 10.0. The Morgan fingerprint density at radius 2 is 1.94 bits per heavy atom. The van der Waals surface area contributed by atoms with E-state index in [9.17, 15) is 4.39 Å². The van der Waals surface area contributed by atoms with Crippen molar-refractivity contribution in [3.05, 3.63) is 47.2 Å². The van der Waals surface area contributed by atoms with Gasteiger partial charge in [0.2, 0.25) is 0 Å². The maximum atomic E-state index is 13.5. The Kier molecular flexibility index (Phi) is 7.75. The minimum Gasteiger partial charge on any atom is -0.497 e. The largest absolute Gasteiger partial charge is 0.497 e. The van der Waals surface area contributed by atoms with Crippen LogP contribution in [0.3, 0.4) is 0 Å². The van der Waals surface area contributed by atoms with Crippen molar-refractivity contribution in [2.24, 2.45) is 0 Å². The van der Waals surface area contributed by atoms with Crippen LogP contribution in [0.2, 0.25) is 5.02 Å². The molecule has 0 atom stereocenters. The van der Waals surface area contributed by atoms with E-state index in [0.717, 1.165) is 37.9 Å². The molecule has 2 heterocycles. The molecule has 3 aromatic rings. The van der Waals surface area contributed by atoms with Crippen molar-refractivity contribution in [2.45, 2.75) is 25.9 Å². The van der Waals surface area contributed by atoms with Crippen molar-refractivity contribution in [3.63, 3.8) is 0 Å². The molecule has 1 aliphatic heterocycles. The van der Waals surface area contributed by atoms with Gasteiger partial charge in [0.1, 0.15) is 23.5 Å². The maximum Gasteiger partial charge on any atom is 0.319 e. The quantitative estimate of drug-likeness (QED) is 0.520. The average Bonchev–Trinajstić information content (AvgIpc) is 2.76. The van der Waals surface area contributed by atoms with E-state index in [2.05, 4.69) is 27.1 Å². The molecule has 0 radical (unpaired) electrons. The van der Waals surface area contributed by atoms with Gasteiger partial charge in [0.05, 0.1) is 17.6 Å². The monoisotopic (exact) mass is 466 g/mol. The molecule has 0 bridgehead atoms. The lowest BCUT2D eigenvalue weighted by Gasteiger charge is -2.30. The van der Waals surface area contributed by atoms with Crippen LogP contribution in [0.4, 0.5) is 15.9 Å². The normalized spacial score (nSPS) is 14.8. The SMILES string of the molecule is CCN1CCC(Oc2nc(Nc3ccc(F)c(Cl)c3)c3ccc(OC)cc3n2)CC1.Cl. The highest BCUT2D eigenvalue weighted by Crippen LogP contribution is 2.30. The molecule has 0 spiro atoms. The van der Waals surface area contributed by atoms with Crippen LogP contribution in [0, 0.1) is 5.82 Å². The Morgan fingerprint density at radius 1 is 1.16 bits per heavy atom. The first-order valence-corrected chi connectivity index (χ1v) is 10.4. The van der Waals surface area contributed by atoms with Crippen molar-refractivity contribution in [1.82, 2.24) is 14.9 Å². The molecular formula is C22H25Cl2FN4O2. The van der Waals surface area contributed by atoms with Crippen molar-refractivity contribution >= 4 is 46.4 Å². The number of benzene rings is 2. The zero-order valence-electron chi connectivity index (χ0n) is 17.4. The van der Waals surface area contributed by atoms with E-state index in [1.807, 2.05) is 18.2 Å². The predicted octanol–water partition coefficient (Wildman–Crippen LogP) is 5.46. The summed E-state index contributed by atoms with van der Waals surface area (Å²) in [7, 11) is 1.61. The molecule has 9 heteroatoms. The number of nitrogens with one attached hydrogen (secondary N) is 1. The summed E-state index contributed by atoms with van der Waals surface area (Å²) < 4.78 is 25.0. The number of hydrogen-bond acceptors (Lipinski definition) is 6. The molecular weight excluding hydrogens is 442 g/mol. The van der Waals surface area contributed by atoms with E-state index in [1.165, 1.54) is 12.1 Å². The van der Waals surface area contributed by atoms with E-state index in [0.29, 0.717) is 28.8 Å². The van der Waals surface area contributed by atoms with Crippen LogP contribution in [-0.2, 0) is 0 Å². The van der Waals surface area contributed by atoms with Crippen molar-refractivity contribution in [2.75, 3.05) is 32.1 Å². The molecule has 31 heavy (non-hydrogen) atoms. The van der Waals surface area contributed by atoms with Crippen molar-refractivity contribution < 1.29 is 13.9 Å². The fourth-order valence-corrected chi connectivity index (χ4v) is 3.75. The third-order valence-electron chi connectivity index (χ3n) is 5.32. The second-order valence-electron chi connectivity index (χ2n) is 7.24. The topological polar surface area (TPSA) is 59.5 Å². The number of rotatable bonds is 6. The molecule has 0 saturated carbocycles. The highest BCUT2D eigenvalue weighted by Gasteiger charge is 2.21. The van der Waals surface area contributed by atoms with E-state index in [4.69, 9.17) is 21.1 Å². The van der Waals surface area contributed by atoms with Gasteiger partial charge in [-0.05, 0) is 49.7 Å². The summed E-state index contributed by atoms with van der Waals surface area (Å²) in [6, 6.07) is 10.3. The van der Waals surface area contributed by atoms with E-state index < -0.39 is 5.82 Å². The number of ether oxygens (including phenoxy) is 2. The Balaban J connectivity index is 0.00000272. The summed E-state index contributed by atoms with van der Waals surface area (Å²) in [5.41, 5.74) is 1.32. The Morgan fingerprint density at radius 3 is 2.61 bits per heavy atom. The number of fused-ring (bicyclic) bond motifs is 1. The minimum atomic E-state index is -0.470. The number of aromatic nitrogens is 2. The summed E-state index contributed by atoms with van der Waals surface area (Å²) in [5, 5.41) is 4.05. The van der Waals surface area contributed by atoms with Gasteiger partial charge < -0.3 is 19.7 Å². The van der Waals surface area contributed by atoms with Crippen LogP contribution >= 0.6 is 24.0 Å². The van der Waals surface area contributed by atoms with Crippen molar-refractivity contribution in [3.8, 4) is 11.8 Å². The standard InChI is InChI=1S/C22H24ClFN4O2.ClH/c1-3-28-10-8-15(9-11-28)30-22-26-20-13-16(29-2)5-6-17(20)21(27-22)25-14-4-7-19(24)18(23)12-14;/h4-7,12-13,15H,3,8-11H2,1-2H3,(H,25,26,27);1H. The number of likely N-dealkylation sites (tertiary alicyclic amines) is 1. The van der Waals surface area contributed by atoms with Crippen LogP contribution in [0.1, 0.15) is 19.8 Å². The van der Waals surface area contributed by atoms with Gasteiger partial charge in [-0.15, -0.1) is 12.4 Å². The smallest absolute Gasteiger partial charge is 0.319 e. The fourth-order valence-electron chi connectivity index (χ4n) is 3.57. The lowest BCUT2D eigenvalue weighted by molar-refractivity contribution is 0.0960. The third kappa shape index (κ3) is 5.47. The second kappa shape index (κ2) is 10.3. The number of anilines is 2. The third-order valence-corrected chi connectivity index (χ3v) is 5.61. The van der Waals surface area contributed by atoms with E-state index in [1.54, 1.807) is 13.2 Å². The van der Waals surface area contributed by atoms with Gasteiger partial charge in [-0.3, -0.25) is 0 Å². The molecule has 6 nitrogen and oxygen atoms in total. The van der Waals surface area contributed by atoms with Crippen molar-refractivity contribution in [1.29, 1.82) is 0 Å². The van der Waals surface area contributed by atoms with Crippen LogP contribution in [0.25, 0.3) is 10.9 Å². The summed E-state index contributed by atoms with van der Waals surface area (Å²) in [6.45, 7) is 5.22. The number of methoxy groups -OCH3 is 1. The summed E-state index contributed by atoms with van der Waals surface area (Å²) >= 11 is 5.93. The molecule has 166 valence electrons. The molecule has 1 N–H and O–H groups in total. The van der Waals surface area contributed by atoms with Gasteiger partial charge in [0.15, 0.2) is 0 Å². The molecule has 2 aromatic carbocycles. The fraction of sp³-hybridized carbons (Fsp3) is 0.364. The van der Waals surface area contributed by atoms with Gasteiger partial charge in [-0.1, -0.05) is 18.5 Å². The Labute approximate surface area is 192 Å². The minimum absolute atomic E-state index is 0. The van der Waals surface area contributed by atoms with Gasteiger partial charge in [0.25, 0.3) is 0 Å². The highest BCUT2D eigenvalue weighted by molar-refractivity contribution is 6.31. The summed E-state index contributed by atoms with van der Waals surface area (Å²) in [4.78, 5) is 11.6. The van der Waals surface area contributed by atoms with Crippen LogP contribution in [-0.4, -0.2) is 47.7 Å². The van der Waals surface area contributed by atoms with Crippen LogP contribution in [0.5, 0.6) is 11.8 Å². The Bertz CT molecular complexity index is 1050. The molecule has 4 rings (SSSR count). The zero-order valence-corrected chi connectivity index (χ0v) is 19.0. The van der Waals surface area contributed by atoms with Crippen LogP contribution in [0.15, 0.2) is 36.4 Å². The molecule has 0 amide bonds. The molecule has 1 aromatic heterocycles. The number of halogens is 3. The predicted molar refractivity (Wildman–Crippen MR) is 124 cm³/mol. The number of piperidine rings is 1. The van der Waals surface area contributed by atoms with Gasteiger partial charge in [-0.25, -0.2) is 4.39 Å². The lowest BCUT2D eigenvalue weighted by atomic mass is 10.1.